The average molecular weight is 409 g/mol. The summed E-state index contributed by atoms with van der Waals surface area (Å²) in [4.78, 5) is 14.8. The number of hydrogen-bond donors (Lipinski definition) is 1. The molecule has 5 nitrogen and oxygen atoms in total. The number of benzene rings is 2. The minimum Gasteiger partial charge on any atom is -0.378 e. The molecule has 1 fully saturated rings. The Hall–Kier alpha value is -2.64. The third-order valence-electron chi connectivity index (χ3n) is 4.74. The molecule has 4 rings (SSSR count). The van der Waals surface area contributed by atoms with E-state index in [-0.39, 0.29) is 11.9 Å². The normalized spacial score (nSPS) is 20.5. The third-order valence-corrected chi connectivity index (χ3v) is 5.89. The zero-order valence-corrected chi connectivity index (χ0v) is 17.3. The van der Waals surface area contributed by atoms with Crippen LogP contribution < -0.4 is 10.2 Å². The van der Waals surface area contributed by atoms with E-state index in [2.05, 4.69) is 46.6 Å². The summed E-state index contributed by atoms with van der Waals surface area (Å²) in [6.45, 7) is 0. The maximum atomic E-state index is 12.1. The van der Waals surface area contributed by atoms with Gasteiger partial charge in [0, 0.05) is 32.4 Å². The van der Waals surface area contributed by atoms with E-state index < -0.39 is 0 Å². The molecular weight excluding hydrogens is 388 g/mol. The number of amides is 1. The molecular formula is C21H20N4OS2. The van der Waals surface area contributed by atoms with Gasteiger partial charge in [0.25, 0.3) is 5.91 Å². The van der Waals surface area contributed by atoms with E-state index in [1.54, 1.807) is 6.20 Å². The van der Waals surface area contributed by atoms with Gasteiger partial charge in [-0.1, -0.05) is 66.4 Å². The highest BCUT2D eigenvalue weighted by Gasteiger charge is 2.30. The summed E-state index contributed by atoms with van der Waals surface area (Å²) >= 11 is 6.38. The van der Waals surface area contributed by atoms with E-state index in [1.807, 2.05) is 37.3 Å². The van der Waals surface area contributed by atoms with Crippen LogP contribution in [0.1, 0.15) is 23.6 Å². The van der Waals surface area contributed by atoms with Crippen LogP contribution in [0.15, 0.2) is 70.8 Å². The van der Waals surface area contributed by atoms with Crippen molar-refractivity contribution in [2.45, 2.75) is 12.5 Å². The maximum absolute atomic E-state index is 12.1. The van der Waals surface area contributed by atoms with Crippen molar-refractivity contribution >= 4 is 45.6 Å². The Kier molecular flexibility index (Phi) is 5.19. The first kappa shape index (κ1) is 18.7. The van der Waals surface area contributed by atoms with Crippen molar-refractivity contribution in [3.63, 3.8) is 0 Å². The average Bonchev–Trinajstić information content (AvgIpc) is 3.25. The molecule has 1 atom stereocenters. The van der Waals surface area contributed by atoms with E-state index in [9.17, 15) is 4.79 Å². The predicted molar refractivity (Wildman–Crippen MR) is 119 cm³/mol. The molecule has 2 aromatic carbocycles. The van der Waals surface area contributed by atoms with E-state index in [1.165, 1.54) is 11.8 Å². The van der Waals surface area contributed by atoms with Crippen molar-refractivity contribution in [3.05, 3.63) is 76.8 Å². The molecule has 7 heteroatoms. The number of nitrogens with one attached hydrogen (secondary N) is 1. The van der Waals surface area contributed by atoms with Crippen molar-refractivity contribution in [1.29, 1.82) is 0 Å². The van der Waals surface area contributed by atoms with Crippen molar-refractivity contribution < 1.29 is 4.79 Å². The smallest absolute Gasteiger partial charge is 0.265 e. The lowest BCUT2D eigenvalue weighted by Gasteiger charge is -2.21. The quantitative estimate of drug-likeness (QED) is 0.614. The van der Waals surface area contributed by atoms with Crippen LogP contribution in [0.4, 0.5) is 5.69 Å². The molecule has 0 aliphatic carbocycles. The summed E-state index contributed by atoms with van der Waals surface area (Å²) in [6.07, 6.45) is 2.58. The predicted octanol–water partition coefficient (Wildman–Crippen LogP) is 3.89. The van der Waals surface area contributed by atoms with E-state index in [0.717, 1.165) is 28.9 Å². The molecule has 1 amide bonds. The molecule has 0 radical (unpaired) electrons. The van der Waals surface area contributed by atoms with Crippen LogP contribution in [0.3, 0.4) is 0 Å². The molecule has 2 heterocycles. The summed E-state index contributed by atoms with van der Waals surface area (Å²) < 4.78 is 0.481. The molecule has 28 heavy (non-hydrogen) atoms. The van der Waals surface area contributed by atoms with Crippen molar-refractivity contribution in [2.75, 3.05) is 19.0 Å². The van der Waals surface area contributed by atoms with Gasteiger partial charge in [-0.3, -0.25) is 9.80 Å². The largest absolute Gasteiger partial charge is 0.378 e. The fraction of sp³-hybridized carbons (Fsp3) is 0.190. The highest BCUT2D eigenvalue weighted by molar-refractivity contribution is 8.26. The number of rotatable bonds is 4. The Bertz CT molecular complexity index is 968. The van der Waals surface area contributed by atoms with Crippen LogP contribution in [-0.2, 0) is 4.79 Å². The van der Waals surface area contributed by atoms with Gasteiger partial charge < -0.3 is 10.2 Å². The summed E-state index contributed by atoms with van der Waals surface area (Å²) in [5.41, 5.74) is 4.40. The molecule has 1 N–H and O–H groups in total. The SMILES string of the molecule is CN(C)c1ccc(C2CC(c3ccccc3)=NN2/C=C2\SC(=S)NC2=O)cc1. The molecule has 142 valence electrons. The van der Waals surface area contributed by atoms with Gasteiger partial charge in [0.1, 0.15) is 4.32 Å². The second-order valence-corrected chi connectivity index (χ2v) is 8.55. The Morgan fingerprint density at radius 3 is 2.50 bits per heavy atom. The van der Waals surface area contributed by atoms with Gasteiger partial charge in [-0.25, -0.2) is 0 Å². The molecule has 0 bridgehead atoms. The van der Waals surface area contributed by atoms with Crippen LogP contribution in [0.2, 0.25) is 0 Å². The lowest BCUT2D eigenvalue weighted by Crippen LogP contribution is -2.19. The van der Waals surface area contributed by atoms with Crippen LogP contribution in [0, 0.1) is 0 Å². The van der Waals surface area contributed by atoms with Crippen molar-refractivity contribution in [3.8, 4) is 0 Å². The van der Waals surface area contributed by atoms with Gasteiger partial charge >= 0.3 is 0 Å². The van der Waals surface area contributed by atoms with Crippen LogP contribution in [0.5, 0.6) is 0 Å². The lowest BCUT2D eigenvalue weighted by atomic mass is 9.98. The molecule has 2 aliphatic heterocycles. The zero-order valence-electron chi connectivity index (χ0n) is 15.6. The number of thioether (sulfide) groups is 1. The minimum absolute atomic E-state index is 0.0292. The van der Waals surface area contributed by atoms with Crippen molar-refractivity contribution in [1.82, 2.24) is 10.3 Å². The highest BCUT2D eigenvalue weighted by Crippen LogP contribution is 2.36. The Morgan fingerprint density at radius 2 is 1.89 bits per heavy atom. The Labute approximate surface area is 174 Å². The molecule has 1 unspecified atom stereocenters. The number of carbonyl (C=O) groups is 1. The third kappa shape index (κ3) is 3.81. The van der Waals surface area contributed by atoms with Gasteiger partial charge in [-0.05, 0) is 23.3 Å². The number of hydrazone groups is 1. The zero-order chi connectivity index (χ0) is 19.7. The summed E-state index contributed by atoms with van der Waals surface area (Å²) in [5.74, 6) is -0.167. The maximum Gasteiger partial charge on any atom is 0.265 e. The molecule has 0 aromatic heterocycles. The van der Waals surface area contributed by atoms with Gasteiger partial charge in [-0.15, -0.1) is 0 Å². The first-order valence-corrected chi connectivity index (χ1v) is 10.2. The monoisotopic (exact) mass is 408 g/mol. The number of anilines is 1. The fourth-order valence-electron chi connectivity index (χ4n) is 3.25. The minimum atomic E-state index is -0.167. The summed E-state index contributed by atoms with van der Waals surface area (Å²) in [7, 11) is 4.05. The van der Waals surface area contributed by atoms with Crippen LogP contribution >= 0.6 is 24.0 Å². The van der Waals surface area contributed by atoms with Crippen molar-refractivity contribution in [2.24, 2.45) is 5.10 Å². The second-order valence-electron chi connectivity index (χ2n) is 6.84. The number of thiocarbonyl (C=S) groups is 1. The van der Waals surface area contributed by atoms with Gasteiger partial charge in [-0.2, -0.15) is 5.10 Å². The number of carbonyl (C=O) groups excluding carboxylic acids is 1. The number of hydrogen-bond acceptors (Lipinski definition) is 6. The van der Waals surface area contributed by atoms with Gasteiger partial charge in [0.05, 0.1) is 16.7 Å². The second kappa shape index (κ2) is 7.77. The highest BCUT2D eigenvalue weighted by atomic mass is 32.2. The summed E-state index contributed by atoms with van der Waals surface area (Å²) in [6, 6.07) is 18.6. The first-order valence-electron chi connectivity index (χ1n) is 8.95. The molecule has 1 saturated heterocycles. The topological polar surface area (TPSA) is 47.9 Å². The molecule has 2 aromatic rings. The Balaban J connectivity index is 1.68. The Morgan fingerprint density at radius 1 is 1.18 bits per heavy atom. The molecule has 0 saturated carbocycles. The molecule has 2 aliphatic rings. The van der Waals surface area contributed by atoms with E-state index in [4.69, 9.17) is 17.3 Å². The lowest BCUT2D eigenvalue weighted by molar-refractivity contribution is -0.115. The van der Waals surface area contributed by atoms with E-state index >= 15 is 0 Å². The molecule has 0 spiro atoms. The number of nitrogens with zero attached hydrogens (tertiary/aromatic N) is 3. The van der Waals surface area contributed by atoms with Crippen LogP contribution in [0.25, 0.3) is 0 Å². The van der Waals surface area contributed by atoms with Gasteiger partial charge in [0.2, 0.25) is 0 Å². The van der Waals surface area contributed by atoms with Gasteiger partial charge in [0.15, 0.2) is 0 Å². The van der Waals surface area contributed by atoms with Crippen LogP contribution in [-0.4, -0.2) is 35.0 Å². The van der Waals surface area contributed by atoms with E-state index in [0.29, 0.717) is 9.23 Å². The summed E-state index contributed by atoms with van der Waals surface area (Å²) in [5, 5.41) is 9.38. The standard InChI is InChI=1S/C21H20N4OS2/c1-24(2)16-10-8-15(9-11-16)18-12-17(14-6-4-3-5-7-14)23-25(18)13-19-20(26)22-21(27)28-19/h3-11,13,18H,12H2,1-2H3,(H,22,26,27)/b19-13-. The first-order chi connectivity index (χ1) is 13.5. The fourth-order valence-corrected chi connectivity index (χ4v) is 4.26.